The molecule has 1 N–H and O–H groups in total. The van der Waals surface area contributed by atoms with Gasteiger partial charge in [0.2, 0.25) is 5.91 Å². The van der Waals surface area contributed by atoms with Crippen LogP contribution in [0, 0.1) is 5.82 Å². The molecule has 0 saturated heterocycles. The fraction of sp³-hybridized carbons (Fsp3) is 0.350. The van der Waals surface area contributed by atoms with Crippen molar-refractivity contribution in [2.24, 2.45) is 0 Å². The van der Waals surface area contributed by atoms with E-state index >= 15 is 0 Å². The van der Waals surface area contributed by atoms with Gasteiger partial charge >= 0.3 is 0 Å². The number of halogens is 1. The van der Waals surface area contributed by atoms with Gasteiger partial charge in [0.15, 0.2) is 11.5 Å². The van der Waals surface area contributed by atoms with Gasteiger partial charge < -0.3 is 14.8 Å². The van der Waals surface area contributed by atoms with Gasteiger partial charge in [-0.05, 0) is 37.2 Å². The van der Waals surface area contributed by atoms with Gasteiger partial charge in [0.1, 0.15) is 5.82 Å². The van der Waals surface area contributed by atoms with E-state index in [9.17, 15) is 9.18 Å². The molecule has 0 aliphatic carbocycles. The third-order valence-electron chi connectivity index (χ3n) is 4.08. The van der Waals surface area contributed by atoms with Crippen molar-refractivity contribution >= 4 is 5.91 Å². The summed E-state index contributed by atoms with van der Waals surface area (Å²) in [6.45, 7) is 1.15. The molecule has 2 aromatic carbocycles. The molecule has 2 rings (SSSR count). The molecule has 0 bridgehead atoms. The van der Waals surface area contributed by atoms with Crippen molar-refractivity contribution < 1.29 is 18.7 Å². The van der Waals surface area contributed by atoms with E-state index in [1.54, 1.807) is 32.4 Å². The first-order valence-electron chi connectivity index (χ1n) is 8.43. The maximum atomic E-state index is 13.5. The van der Waals surface area contributed by atoms with Gasteiger partial charge in [-0.2, -0.15) is 0 Å². The molecule has 0 spiro atoms. The number of likely N-dealkylation sites (N-methyl/N-ethyl adjacent to an activating group) is 1. The Kier molecular flexibility index (Phi) is 7.41. The number of hydrogen-bond acceptors (Lipinski definition) is 4. The highest BCUT2D eigenvalue weighted by atomic mass is 19.1. The summed E-state index contributed by atoms with van der Waals surface area (Å²) in [4.78, 5) is 13.9. The predicted molar refractivity (Wildman–Crippen MR) is 99.0 cm³/mol. The second kappa shape index (κ2) is 9.77. The van der Waals surface area contributed by atoms with Crippen LogP contribution in [0.2, 0.25) is 0 Å². The predicted octanol–water partition coefficient (Wildman–Crippen LogP) is 2.63. The van der Waals surface area contributed by atoms with Gasteiger partial charge in [0, 0.05) is 18.7 Å². The standard InChI is InChI=1S/C20H25FN2O3/c1-23(11-10-15-8-9-18(25-2)19(12-15)26-3)14-20(24)22-13-16-6-4-5-7-17(16)21/h4-9,12H,10-11,13-14H2,1-3H3,(H,22,24). The van der Waals surface area contributed by atoms with Gasteiger partial charge in [-0.25, -0.2) is 4.39 Å². The number of nitrogens with one attached hydrogen (secondary N) is 1. The summed E-state index contributed by atoms with van der Waals surface area (Å²) in [5.74, 6) is 0.935. The Bertz CT molecular complexity index is 737. The third kappa shape index (κ3) is 5.74. The number of methoxy groups -OCH3 is 2. The minimum absolute atomic E-state index is 0.136. The van der Waals surface area contributed by atoms with Crippen LogP contribution in [-0.2, 0) is 17.8 Å². The lowest BCUT2D eigenvalue weighted by Crippen LogP contribution is -2.35. The number of amides is 1. The quantitative estimate of drug-likeness (QED) is 0.747. The van der Waals surface area contributed by atoms with Crippen LogP contribution in [0.1, 0.15) is 11.1 Å². The largest absolute Gasteiger partial charge is 0.493 e. The summed E-state index contributed by atoms with van der Waals surface area (Å²) < 4.78 is 24.1. The minimum atomic E-state index is -0.311. The van der Waals surface area contributed by atoms with Crippen molar-refractivity contribution in [2.45, 2.75) is 13.0 Å². The van der Waals surface area contributed by atoms with E-state index in [0.717, 1.165) is 12.0 Å². The van der Waals surface area contributed by atoms with Crippen molar-refractivity contribution in [3.63, 3.8) is 0 Å². The molecule has 5 nitrogen and oxygen atoms in total. The molecule has 140 valence electrons. The van der Waals surface area contributed by atoms with Gasteiger partial charge in [0.05, 0.1) is 20.8 Å². The van der Waals surface area contributed by atoms with Gasteiger partial charge in [-0.3, -0.25) is 9.69 Å². The van der Waals surface area contributed by atoms with Crippen LogP contribution in [0.3, 0.4) is 0 Å². The second-order valence-electron chi connectivity index (χ2n) is 6.05. The Morgan fingerprint density at radius 2 is 1.85 bits per heavy atom. The van der Waals surface area contributed by atoms with E-state index in [1.165, 1.54) is 6.07 Å². The van der Waals surface area contributed by atoms with Crippen LogP contribution in [0.15, 0.2) is 42.5 Å². The van der Waals surface area contributed by atoms with Crippen molar-refractivity contribution in [2.75, 3.05) is 34.4 Å². The lowest BCUT2D eigenvalue weighted by Gasteiger charge is -2.17. The van der Waals surface area contributed by atoms with E-state index in [2.05, 4.69) is 5.32 Å². The fourth-order valence-corrected chi connectivity index (χ4v) is 2.57. The average molecular weight is 360 g/mol. The molecule has 0 aliphatic heterocycles. The van der Waals surface area contributed by atoms with Crippen molar-refractivity contribution in [1.29, 1.82) is 0 Å². The van der Waals surface area contributed by atoms with Crippen LogP contribution in [0.25, 0.3) is 0 Å². The summed E-state index contributed by atoms with van der Waals surface area (Å²) in [5, 5.41) is 2.75. The normalized spacial score (nSPS) is 10.7. The monoisotopic (exact) mass is 360 g/mol. The molecular formula is C20H25FN2O3. The number of carbonyl (C=O) groups excluding carboxylic acids is 1. The summed E-state index contributed by atoms with van der Waals surface area (Å²) in [7, 11) is 5.09. The maximum Gasteiger partial charge on any atom is 0.234 e. The fourth-order valence-electron chi connectivity index (χ4n) is 2.57. The molecule has 0 unspecified atom stereocenters. The smallest absolute Gasteiger partial charge is 0.234 e. The summed E-state index contributed by atoms with van der Waals surface area (Å²) in [6.07, 6.45) is 0.775. The zero-order valence-corrected chi connectivity index (χ0v) is 15.4. The first kappa shape index (κ1) is 19.7. The first-order valence-corrected chi connectivity index (χ1v) is 8.43. The molecule has 0 radical (unpaired) electrons. The summed E-state index contributed by atoms with van der Waals surface area (Å²) in [6, 6.07) is 12.2. The highest BCUT2D eigenvalue weighted by Gasteiger charge is 2.09. The Hall–Kier alpha value is -2.60. The van der Waals surface area contributed by atoms with E-state index in [-0.39, 0.29) is 24.8 Å². The van der Waals surface area contributed by atoms with Crippen molar-refractivity contribution in [3.8, 4) is 11.5 Å². The van der Waals surface area contributed by atoms with E-state index in [1.807, 2.05) is 30.1 Å². The molecule has 0 atom stereocenters. The summed E-state index contributed by atoms with van der Waals surface area (Å²) in [5.41, 5.74) is 1.58. The molecule has 6 heteroatoms. The molecule has 0 fully saturated rings. The number of rotatable bonds is 9. The average Bonchev–Trinajstić information content (AvgIpc) is 2.65. The number of ether oxygens (including phenoxy) is 2. The Balaban J connectivity index is 1.78. The zero-order chi connectivity index (χ0) is 18.9. The number of carbonyl (C=O) groups is 1. The lowest BCUT2D eigenvalue weighted by molar-refractivity contribution is -0.122. The number of benzene rings is 2. The van der Waals surface area contributed by atoms with Crippen LogP contribution in [0.5, 0.6) is 11.5 Å². The zero-order valence-electron chi connectivity index (χ0n) is 15.4. The molecule has 0 aromatic heterocycles. The SMILES string of the molecule is COc1ccc(CCN(C)CC(=O)NCc2ccccc2F)cc1OC. The minimum Gasteiger partial charge on any atom is -0.493 e. The van der Waals surface area contributed by atoms with E-state index in [0.29, 0.717) is 23.6 Å². The topological polar surface area (TPSA) is 50.8 Å². The van der Waals surface area contributed by atoms with Crippen LogP contribution < -0.4 is 14.8 Å². The second-order valence-corrected chi connectivity index (χ2v) is 6.05. The van der Waals surface area contributed by atoms with E-state index < -0.39 is 0 Å². The molecule has 0 aliphatic rings. The summed E-state index contributed by atoms with van der Waals surface area (Å²) >= 11 is 0. The molecular weight excluding hydrogens is 335 g/mol. The number of nitrogens with zero attached hydrogens (tertiary/aromatic N) is 1. The molecule has 1 amide bonds. The molecule has 0 heterocycles. The van der Waals surface area contributed by atoms with Gasteiger partial charge in [0.25, 0.3) is 0 Å². The van der Waals surface area contributed by atoms with Crippen LogP contribution in [0.4, 0.5) is 4.39 Å². The Labute approximate surface area is 153 Å². The Morgan fingerprint density at radius 1 is 1.12 bits per heavy atom. The molecule has 0 saturated carbocycles. The van der Waals surface area contributed by atoms with Crippen molar-refractivity contribution in [3.05, 3.63) is 59.4 Å². The number of hydrogen-bond donors (Lipinski definition) is 1. The maximum absolute atomic E-state index is 13.5. The Morgan fingerprint density at radius 3 is 2.54 bits per heavy atom. The van der Waals surface area contributed by atoms with Gasteiger partial charge in [-0.15, -0.1) is 0 Å². The highest BCUT2D eigenvalue weighted by Crippen LogP contribution is 2.27. The van der Waals surface area contributed by atoms with Crippen LogP contribution >= 0.6 is 0 Å². The highest BCUT2D eigenvalue weighted by molar-refractivity contribution is 5.77. The first-order chi connectivity index (χ1) is 12.5. The molecule has 2 aromatic rings. The van der Waals surface area contributed by atoms with E-state index in [4.69, 9.17) is 9.47 Å². The van der Waals surface area contributed by atoms with Gasteiger partial charge in [-0.1, -0.05) is 24.3 Å². The van der Waals surface area contributed by atoms with Crippen LogP contribution in [-0.4, -0.2) is 45.2 Å². The third-order valence-corrected chi connectivity index (χ3v) is 4.08. The molecule has 26 heavy (non-hydrogen) atoms. The lowest BCUT2D eigenvalue weighted by atomic mass is 10.1. The van der Waals surface area contributed by atoms with Crippen molar-refractivity contribution in [1.82, 2.24) is 10.2 Å².